The van der Waals surface area contributed by atoms with Crippen molar-refractivity contribution < 1.29 is 0 Å². The highest BCUT2D eigenvalue weighted by Gasteiger charge is 2.07. The summed E-state index contributed by atoms with van der Waals surface area (Å²) in [5, 5.41) is 0. The molecule has 0 saturated heterocycles. The minimum Gasteiger partial charge on any atom is -0.277 e. The third-order valence-corrected chi connectivity index (χ3v) is 5.23. The van der Waals surface area contributed by atoms with Gasteiger partial charge in [0.15, 0.2) is 0 Å². The Bertz CT molecular complexity index is 593. The number of hydrogen-bond donors (Lipinski definition) is 0. The standard InChI is InChI=1S/C15H16ClNS2/c1-3-12(8-9-17-10-16)13-6-7-15(19-13)14-5-4-11(2)18-14/h4-9H,3,10H2,1-2H3/b12-8+,17-9-. The minimum atomic E-state index is 0.317. The summed E-state index contributed by atoms with van der Waals surface area (Å²) in [7, 11) is 0. The van der Waals surface area contributed by atoms with Crippen LogP contribution in [-0.2, 0) is 0 Å². The molecule has 2 aromatic rings. The van der Waals surface area contributed by atoms with E-state index in [1.807, 2.05) is 22.7 Å². The molecule has 0 N–H and O–H groups in total. The van der Waals surface area contributed by atoms with E-state index in [2.05, 4.69) is 49.2 Å². The lowest BCUT2D eigenvalue weighted by molar-refractivity contribution is 1.25. The van der Waals surface area contributed by atoms with Crippen LogP contribution in [0.1, 0.15) is 23.1 Å². The Hall–Kier alpha value is -0.900. The second-order valence-electron chi connectivity index (χ2n) is 4.07. The first kappa shape index (κ1) is 14.5. The van der Waals surface area contributed by atoms with E-state index in [9.17, 15) is 0 Å². The van der Waals surface area contributed by atoms with Crippen molar-refractivity contribution >= 4 is 46.1 Å². The highest BCUT2D eigenvalue weighted by molar-refractivity contribution is 7.22. The Labute approximate surface area is 127 Å². The van der Waals surface area contributed by atoms with E-state index in [-0.39, 0.29) is 0 Å². The molecule has 0 amide bonds. The topological polar surface area (TPSA) is 12.4 Å². The van der Waals surface area contributed by atoms with Crippen LogP contribution in [0.4, 0.5) is 0 Å². The molecule has 2 aromatic heterocycles. The SMILES string of the molecule is CC/C(=C\C=N/CCl)c1ccc(-c2ccc(C)s2)s1. The van der Waals surface area contributed by atoms with E-state index in [0.29, 0.717) is 6.00 Å². The van der Waals surface area contributed by atoms with E-state index in [4.69, 9.17) is 11.6 Å². The molecule has 0 atom stereocenters. The van der Waals surface area contributed by atoms with Crippen LogP contribution in [0.15, 0.2) is 35.3 Å². The van der Waals surface area contributed by atoms with E-state index < -0.39 is 0 Å². The van der Waals surface area contributed by atoms with Crippen LogP contribution in [0.2, 0.25) is 0 Å². The van der Waals surface area contributed by atoms with Gasteiger partial charge in [-0.15, -0.1) is 34.3 Å². The van der Waals surface area contributed by atoms with Crippen molar-refractivity contribution in [2.24, 2.45) is 4.99 Å². The predicted octanol–water partition coefficient (Wildman–Crippen LogP) is 5.85. The number of halogens is 1. The molecule has 0 aliphatic carbocycles. The summed E-state index contributed by atoms with van der Waals surface area (Å²) in [6.07, 6.45) is 4.84. The Balaban J connectivity index is 2.24. The Morgan fingerprint density at radius 2 is 1.95 bits per heavy atom. The summed E-state index contributed by atoms with van der Waals surface area (Å²) in [5.41, 5.74) is 1.30. The van der Waals surface area contributed by atoms with Gasteiger partial charge in [0, 0.05) is 25.7 Å². The lowest BCUT2D eigenvalue weighted by Gasteiger charge is -1.98. The molecule has 0 aliphatic heterocycles. The molecule has 0 radical (unpaired) electrons. The summed E-state index contributed by atoms with van der Waals surface area (Å²) in [5.74, 6) is 0. The van der Waals surface area contributed by atoms with Gasteiger partial charge in [0.05, 0.1) is 0 Å². The number of aliphatic imine (C=N–C) groups is 1. The maximum atomic E-state index is 5.54. The quantitative estimate of drug-likeness (QED) is 0.373. The molecule has 0 fully saturated rings. The van der Waals surface area contributed by atoms with Crippen molar-refractivity contribution in [1.29, 1.82) is 0 Å². The van der Waals surface area contributed by atoms with E-state index in [1.165, 1.54) is 25.1 Å². The van der Waals surface area contributed by atoms with E-state index in [1.54, 1.807) is 6.21 Å². The monoisotopic (exact) mass is 309 g/mol. The summed E-state index contributed by atoms with van der Waals surface area (Å²) < 4.78 is 0. The fraction of sp³-hybridized carbons (Fsp3) is 0.267. The van der Waals surface area contributed by atoms with Gasteiger partial charge in [0.2, 0.25) is 0 Å². The lowest BCUT2D eigenvalue weighted by Crippen LogP contribution is -1.78. The van der Waals surface area contributed by atoms with Crippen molar-refractivity contribution in [2.75, 3.05) is 6.00 Å². The van der Waals surface area contributed by atoms with Gasteiger partial charge >= 0.3 is 0 Å². The lowest BCUT2D eigenvalue weighted by atomic mass is 10.1. The Morgan fingerprint density at radius 1 is 1.21 bits per heavy atom. The summed E-state index contributed by atoms with van der Waals surface area (Å²) in [6, 6.07) is 9.08. The second-order valence-corrected chi connectivity index (χ2v) is 6.68. The number of alkyl halides is 1. The number of aryl methyl sites for hydroxylation is 1. The number of thiophene rings is 2. The smallest absolute Gasteiger partial charge is 0.113 e. The van der Waals surface area contributed by atoms with Crippen LogP contribution in [0, 0.1) is 6.92 Å². The average Bonchev–Trinajstić information content (AvgIpc) is 3.03. The number of allylic oxidation sites excluding steroid dienone is 2. The largest absolute Gasteiger partial charge is 0.277 e. The molecule has 100 valence electrons. The van der Waals surface area contributed by atoms with Crippen molar-refractivity contribution in [3.8, 4) is 9.75 Å². The Kier molecular flexibility index (Phi) is 5.37. The first-order valence-corrected chi connectivity index (χ1v) is 8.33. The second kappa shape index (κ2) is 7.04. The van der Waals surface area contributed by atoms with Crippen LogP contribution >= 0.6 is 34.3 Å². The summed E-state index contributed by atoms with van der Waals surface area (Å²) >= 11 is 9.22. The van der Waals surface area contributed by atoms with Gasteiger partial charge < -0.3 is 0 Å². The fourth-order valence-electron chi connectivity index (χ4n) is 1.77. The molecule has 0 spiro atoms. The first-order chi connectivity index (χ1) is 9.24. The number of nitrogens with zero attached hydrogens (tertiary/aromatic N) is 1. The van der Waals surface area contributed by atoms with Gasteiger partial charge in [-0.25, -0.2) is 0 Å². The molecule has 1 nitrogen and oxygen atoms in total. The molecule has 2 heterocycles. The number of hydrogen-bond acceptors (Lipinski definition) is 3. The molecule has 0 bridgehead atoms. The Morgan fingerprint density at radius 3 is 2.58 bits per heavy atom. The molecule has 0 aromatic carbocycles. The van der Waals surface area contributed by atoms with Gasteiger partial charge in [0.1, 0.15) is 6.00 Å². The number of rotatable bonds is 5. The van der Waals surface area contributed by atoms with Crippen LogP contribution in [0.3, 0.4) is 0 Å². The molecule has 0 unspecified atom stereocenters. The van der Waals surface area contributed by atoms with Gasteiger partial charge in [-0.3, -0.25) is 4.99 Å². The van der Waals surface area contributed by atoms with Gasteiger partial charge in [-0.05, 0) is 49.3 Å². The molecule has 2 rings (SSSR count). The van der Waals surface area contributed by atoms with E-state index >= 15 is 0 Å². The maximum absolute atomic E-state index is 5.54. The van der Waals surface area contributed by atoms with Crippen molar-refractivity contribution in [1.82, 2.24) is 0 Å². The predicted molar refractivity (Wildman–Crippen MR) is 89.8 cm³/mol. The fourth-order valence-corrected chi connectivity index (χ4v) is 3.91. The third-order valence-electron chi connectivity index (χ3n) is 2.74. The highest BCUT2D eigenvalue weighted by Crippen LogP contribution is 2.36. The van der Waals surface area contributed by atoms with Crippen LogP contribution in [-0.4, -0.2) is 12.2 Å². The molecular weight excluding hydrogens is 294 g/mol. The average molecular weight is 310 g/mol. The maximum Gasteiger partial charge on any atom is 0.113 e. The van der Waals surface area contributed by atoms with E-state index in [0.717, 1.165) is 6.42 Å². The zero-order chi connectivity index (χ0) is 13.7. The van der Waals surface area contributed by atoms with Gasteiger partial charge in [-0.2, -0.15) is 0 Å². The first-order valence-electron chi connectivity index (χ1n) is 6.16. The van der Waals surface area contributed by atoms with Crippen LogP contribution < -0.4 is 0 Å². The minimum absolute atomic E-state index is 0.317. The van der Waals surface area contributed by atoms with Crippen LogP contribution in [0.5, 0.6) is 0 Å². The summed E-state index contributed by atoms with van der Waals surface area (Å²) in [6.45, 7) is 4.30. The third kappa shape index (κ3) is 3.78. The zero-order valence-electron chi connectivity index (χ0n) is 11.0. The molecule has 0 saturated carbocycles. The molecule has 0 aliphatic rings. The van der Waals surface area contributed by atoms with Gasteiger partial charge in [-0.1, -0.05) is 6.92 Å². The molecule has 19 heavy (non-hydrogen) atoms. The normalized spacial score (nSPS) is 12.5. The van der Waals surface area contributed by atoms with Gasteiger partial charge in [0.25, 0.3) is 0 Å². The van der Waals surface area contributed by atoms with Crippen LogP contribution in [0.25, 0.3) is 15.3 Å². The summed E-state index contributed by atoms with van der Waals surface area (Å²) in [4.78, 5) is 9.37. The zero-order valence-corrected chi connectivity index (χ0v) is 13.4. The van der Waals surface area contributed by atoms with Crippen molar-refractivity contribution in [3.05, 3.63) is 40.1 Å². The molecular formula is C15H16ClNS2. The van der Waals surface area contributed by atoms with Crippen molar-refractivity contribution in [2.45, 2.75) is 20.3 Å². The van der Waals surface area contributed by atoms with Crippen molar-refractivity contribution in [3.63, 3.8) is 0 Å². The molecule has 4 heteroatoms. The highest BCUT2D eigenvalue weighted by atomic mass is 35.5.